The maximum Gasteiger partial charge on any atom is 0.237 e. The molecule has 1 aromatic heterocycles. The summed E-state index contributed by atoms with van der Waals surface area (Å²) in [7, 11) is 0. The zero-order valence-corrected chi connectivity index (χ0v) is 12.3. The van der Waals surface area contributed by atoms with Crippen LogP contribution in [-0.2, 0) is 11.3 Å². The Morgan fingerprint density at radius 2 is 2.16 bits per heavy atom. The van der Waals surface area contributed by atoms with Gasteiger partial charge in [-0.15, -0.1) is 11.3 Å². The average molecular weight is 278 g/mol. The van der Waals surface area contributed by atoms with Crippen LogP contribution in [0.15, 0.2) is 12.1 Å². The van der Waals surface area contributed by atoms with Crippen molar-refractivity contribution < 1.29 is 4.79 Å². The van der Waals surface area contributed by atoms with E-state index in [4.69, 9.17) is 0 Å². The molecule has 1 N–H and O–H groups in total. The minimum atomic E-state index is 0.142. The summed E-state index contributed by atoms with van der Waals surface area (Å²) in [5.74, 6) is 0.860. The predicted octanol–water partition coefficient (Wildman–Crippen LogP) is 2.55. The van der Waals surface area contributed by atoms with E-state index < -0.39 is 0 Å². The molecule has 2 heterocycles. The Morgan fingerprint density at radius 3 is 2.74 bits per heavy atom. The highest BCUT2D eigenvalue weighted by molar-refractivity contribution is 7.11. The van der Waals surface area contributed by atoms with Gasteiger partial charge in [0.05, 0.1) is 12.6 Å². The second-order valence-corrected chi connectivity index (χ2v) is 7.13. The van der Waals surface area contributed by atoms with Crippen molar-refractivity contribution in [2.24, 2.45) is 5.92 Å². The van der Waals surface area contributed by atoms with Gasteiger partial charge in [-0.05, 0) is 63.7 Å². The third-order valence-electron chi connectivity index (χ3n) is 4.10. The fourth-order valence-electron chi connectivity index (χ4n) is 2.97. The van der Waals surface area contributed by atoms with Crippen molar-refractivity contribution in [3.8, 4) is 0 Å². The summed E-state index contributed by atoms with van der Waals surface area (Å²) in [4.78, 5) is 17.4. The molecule has 1 amide bonds. The van der Waals surface area contributed by atoms with Crippen LogP contribution in [0.25, 0.3) is 0 Å². The van der Waals surface area contributed by atoms with E-state index in [-0.39, 0.29) is 11.9 Å². The third kappa shape index (κ3) is 3.18. The minimum absolute atomic E-state index is 0.142. The molecule has 0 unspecified atom stereocenters. The van der Waals surface area contributed by atoms with Crippen molar-refractivity contribution in [1.82, 2.24) is 10.2 Å². The summed E-state index contributed by atoms with van der Waals surface area (Å²) in [6.45, 7) is 5.00. The van der Waals surface area contributed by atoms with E-state index in [9.17, 15) is 4.79 Å². The first kappa shape index (κ1) is 13.1. The Morgan fingerprint density at radius 1 is 1.42 bits per heavy atom. The number of nitrogens with one attached hydrogen (secondary N) is 1. The quantitative estimate of drug-likeness (QED) is 0.897. The molecule has 1 saturated carbocycles. The molecule has 4 heteroatoms. The fraction of sp³-hybridized carbons (Fsp3) is 0.667. The molecule has 3 rings (SSSR count). The highest BCUT2D eigenvalue weighted by Gasteiger charge is 2.40. The zero-order chi connectivity index (χ0) is 13.2. The summed E-state index contributed by atoms with van der Waals surface area (Å²) in [5.41, 5.74) is 0. The van der Waals surface area contributed by atoms with Crippen molar-refractivity contribution in [1.29, 1.82) is 0 Å². The Labute approximate surface area is 119 Å². The summed E-state index contributed by atoms with van der Waals surface area (Å²) in [6.07, 6.45) is 4.96. The molecule has 1 atom stereocenters. The van der Waals surface area contributed by atoms with Gasteiger partial charge in [-0.1, -0.05) is 0 Å². The molecular formula is C15H22N2OS. The molecule has 1 aliphatic heterocycles. The van der Waals surface area contributed by atoms with Gasteiger partial charge in [-0.25, -0.2) is 0 Å². The van der Waals surface area contributed by atoms with Crippen LogP contribution in [0.2, 0.25) is 0 Å². The molecule has 0 radical (unpaired) electrons. The van der Waals surface area contributed by atoms with Gasteiger partial charge in [0, 0.05) is 9.75 Å². The van der Waals surface area contributed by atoms with Crippen LogP contribution < -0.4 is 5.32 Å². The van der Waals surface area contributed by atoms with Crippen molar-refractivity contribution >= 4 is 17.2 Å². The molecule has 19 heavy (non-hydrogen) atoms. The molecule has 1 saturated heterocycles. The van der Waals surface area contributed by atoms with Crippen LogP contribution in [0.4, 0.5) is 0 Å². The van der Waals surface area contributed by atoms with Gasteiger partial charge in [-0.3, -0.25) is 9.69 Å². The van der Waals surface area contributed by atoms with Crippen molar-refractivity contribution in [2.45, 2.75) is 45.2 Å². The number of hydrogen-bond acceptors (Lipinski definition) is 3. The van der Waals surface area contributed by atoms with Crippen molar-refractivity contribution in [2.75, 3.05) is 13.1 Å². The van der Waals surface area contributed by atoms with Gasteiger partial charge < -0.3 is 5.32 Å². The molecule has 3 nitrogen and oxygen atoms in total. The van der Waals surface area contributed by atoms with Gasteiger partial charge in [0.1, 0.15) is 0 Å². The Balaban J connectivity index is 1.57. The van der Waals surface area contributed by atoms with E-state index in [1.807, 2.05) is 0 Å². The smallest absolute Gasteiger partial charge is 0.237 e. The topological polar surface area (TPSA) is 32.3 Å². The largest absolute Gasteiger partial charge is 0.350 e. The highest BCUT2D eigenvalue weighted by Crippen LogP contribution is 2.36. The fourth-order valence-corrected chi connectivity index (χ4v) is 3.80. The highest BCUT2D eigenvalue weighted by atomic mass is 32.1. The zero-order valence-electron chi connectivity index (χ0n) is 11.5. The molecular weight excluding hydrogens is 256 g/mol. The summed E-state index contributed by atoms with van der Waals surface area (Å²) in [5, 5.41) is 3.14. The van der Waals surface area contributed by atoms with Gasteiger partial charge in [0.2, 0.25) is 5.91 Å². The van der Waals surface area contributed by atoms with Gasteiger partial charge in [0.25, 0.3) is 0 Å². The van der Waals surface area contributed by atoms with Crippen LogP contribution in [0.1, 0.15) is 35.4 Å². The van der Waals surface area contributed by atoms with E-state index in [0.717, 1.165) is 13.1 Å². The Hall–Kier alpha value is -0.870. The maximum atomic E-state index is 12.4. The van der Waals surface area contributed by atoms with E-state index in [0.29, 0.717) is 12.5 Å². The van der Waals surface area contributed by atoms with E-state index in [2.05, 4.69) is 29.3 Å². The molecule has 2 fully saturated rings. The monoisotopic (exact) mass is 278 g/mol. The van der Waals surface area contributed by atoms with E-state index in [1.165, 1.54) is 35.4 Å². The lowest BCUT2D eigenvalue weighted by Gasteiger charge is -2.26. The molecule has 2 aliphatic rings. The molecule has 0 bridgehead atoms. The number of likely N-dealkylation sites (tertiary alicyclic amines) is 1. The van der Waals surface area contributed by atoms with E-state index in [1.54, 1.807) is 11.3 Å². The Bertz CT molecular complexity index is 447. The first-order valence-corrected chi connectivity index (χ1v) is 8.13. The van der Waals surface area contributed by atoms with Crippen LogP contribution in [0, 0.1) is 12.8 Å². The van der Waals surface area contributed by atoms with Crippen LogP contribution >= 0.6 is 11.3 Å². The van der Waals surface area contributed by atoms with Crippen molar-refractivity contribution in [3.63, 3.8) is 0 Å². The summed E-state index contributed by atoms with van der Waals surface area (Å²) < 4.78 is 0. The predicted molar refractivity (Wildman–Crippen MR) is 78.2 cm³/mol. The van der Waals surface area contributed by atoms with Gasteiger partial charge >= 0.3 is 0 Å². The summed E-state index contributed by atoms with van der Waals surface area (Å²) in [6, 6.07) is 4.37. The summed E-state index contributed by atoms with van der Waals surface area (Å²) >= 11 is 1.77. The number of rotatable bonds is 5. The number of carbonyl (C=O) groups is 1. The third-order valence-corrected chi connectivity index (χ3v) is 5.10. The number of hydrogen-bond donors (Lipinski definition) is 1. The molecule has 0 aromatic carbocycles. The normalized spacial score (nSPS) is 21.5. The SMILES string of the molecule is Cc1ccc(CNC(=O)[C@H](C2CC2)N2CCCC2)s1. The molecule has 0 spiro atoms. The van der Waals surface area contributed by atoms with Gasteiger partial charge in [-0.2, -0.15) is 0 Å². The van der Waals surface area contributed by atoms with E-state index >= 15 is 0 Å². The lowest BCUT2D eigenvalue weighted by Crippen LogP contribution is -2.46. The lowest BCUT2D eigenvalue weighted by molar-refractivity contribution is -0.127. The second-order valence-electron chi connectivity index (χ2n) is 5.76. The molecule has 104 valence electrons. The first-order chi connectivity index (χ1) is 9.24. The molecule has 1 aromatic rings. The second kappa shape index (κ2) is 5.63. The standard InChI is InChI=1S/C15H22N2OS/c1-11-4-7-13(19-11)10-16-15(18)14(12-5-6-12)17-8-2-3-9-17/h4,7,12,14H,2-3,5-6,8-10H2,1H3,(H,16,18)/t14-/m0/s1. The number of nitrogens with zero attached hydrogens (tertiary/aromatic N) is 1. The van der Waals surface area contributed by atoms with Crippen LogP contribution in [0.3, 0.4) is 0 Å². The van der Waals surface area contributed by atoms with Gasteiger partial charge in [0.15, 0.2) is 0 Å². The molecule has 1 aliphatic carbocycles. The Kier molecular flexibility index (Phi) is 3.89. The lowest BCUT2D eigenvalue weighted by atomic mass is 10.1. The van der Waals surface area contributed by atoms with Crippen molar-refractivity contribution in [3.05, 3.63) is 21.9 Å². The van der Waals surface area contributed by atoms with Crippen LogP contribution in [0.5, 0.6) is 0 Å². The minimum Gasteiger partial charge on any atom is -0.350 e. The maximum absolute atomic E-state index is 12.4. The number of carbonyl (C=O) groups excluding carboxylic acids is 1. The average Bonchev–Trinajstić information content (AvgIpc) is 2.89. The number of amides is 1. The number of aryl methyl sites for hydroxylation is 1. The first-order valence-electron chi connectivity index (χ1n) is 7.31. The number of thiophene rings is 1. The van der Waals surface area contributed by atoms with Crippen LogP contribution in [-0.4, -0.2) is 29.9 Å².